The number of hydrogen-bond donors (Lipinski definition) is 1. The number of nitrogens with one attached hydrogen (secondary N) is 1. The van der Waals surface area contributed by atoms with Crippen molar-refractivity contribution in [3.8, 4) is 0 Å². The molecule has 5 nitrogen and oxygen atoms in total. The second kappa shape index (κ2) is 6.85. The number of benzene rings is 1. The van der Waals surface area contributed by atoms with Crippen molar-refractivity contribution in [2.75, 3.05) is 18.4 Å². The fraction of sp³-hybridized carbons (Fsp3) is 0.444. The molecule has 2 atom stereocenters. The molecular formula is C18H18BrF3N4O. The molecule has 1 aromatic heterocycles. The topological polar surface area (TPSA) is 50.2 Å². The summed E-state index contributed by atoms with van der Waals surface area (Å²) in [5.74, 6) is -0.118. The first-order valence-electron chi connectivity index (χ1n) is 8.80. The van der Waals surface area contributed by atoms with Gasteiger partial charge in [0.15, 0.2) is 6.04 Å². The maximum absolute atomic E-state index is 13.7. The lowest BCUT2D eigenvalue weighted by molar-refractivity contribution is -0.173. The average molecular weight is 443 g/mol. The summed E-state index contributed by atoms with van der Waals surface area (Å²) in [5.41, 5.74) is 0.937. The highest BCUT2D eigenvalue weighted by Gasteiger charge is 2.47. The van der Waals surface area contributed by atoms with E-state index in [2.05, 4.69) is 26.3 Å². The largest absolute Gasteiger partial charge is 0.410 e. The van der Waals surface area contributed by atoms with Gasteiger partial charge >= 0.3 is 6.18 Å². The summed E-state index contributed by atoms with van der Waals surface area (Å²) in [4.78, 5) is 14.4. The van der Waals surface area contributed by atoms with Crippen molar-refractivity contribution in [2.45, 2.75) is 37.5 Å². The number of likely N-dealkylation sites (tertiary alicyclic amines) is 1. The molecule has 27 heavy (non-hydrogen) atoms. The number of hydrogen-bond acceptors (Lipinski definition) is 3. The molecule has 2 aliphatic heterocycles. The van der Waals surface area contributed by atoms with E-state index in [1.807, 2.05) is 0 Å². The fourth-order valence-electron chi connectivity index (χ4n) is 3.72. The van der Waals surface area contributed by atoms with Crippen molar-refractivity contribution >= 4 is 27.7 Å². The van der Waals surface area contributed by atoms with Crippen LogP contribution in [0.25, 0.3) is 0 Å². The van der Waals surface area contributed by atoms with E-state index in [4.69, 9.17) is 0 Å². The van der Waals surface area contributed by atoms with Crippen LogP contribution in [0.3, 0.4) is 0 Å². The van der Waals surface area contributed by atoms with Crippen LogP contribution >= 0.6 is 15.9 Å². The molecule has 4 rings (SSSR count). The Hall–Kier alpha value is -2.03. The van der Waals surface area contributed by atoms with Gasteiger partial charge in [-0.1, -0.05) is 28.1 Å². The van der Waals surface area contributed by atoms with Crippen molar-refractivity contribution in [1.29, 1.82) is 0 Å². The first-order valence-corrected chi connectivity index (χ1v) is 9.59. The van der Waals surface area contributed by atoms with Gasteiger partial charge in [0, 0.05) is 24.0 Å². The fourth-order valence-corrected chi connectivity index (χ4v) is 3.99. The van der Waals surface area contributed by atoms with Gasteiger partial charge in [0.1, 0.15) is 11.4 Å². The first-order chi connectivity index (χ1) is 12.8. The maximum Gasteiger partial charge on any atom is 0.410 e. The molecule has 1 saturated heterocycles. The number of aromatic nitrogens is 2. The van der Waals surface area contributed by atoms with Gasteiger partial charge in [-0.2, -0.15) is 18.3 Å². The lowest BCUT2D eigenvalue weighted by Gasteiger charge is -2.34. The molecule has 1 fully saturated rings. The minimum Gasteiger partial charge on any atom is -0.363 e. The lowest BCUT2D eigenvalue weighted by atomic mass is 9.96. The summed E-state index contributed by atoms with van der Waals surface area (Å²) in [6, 6.07) is 4.82. The maximum atomic E-state index is 13.7. The van der Waals surface area contributed by atoms with E-state index < -0.39 is 18.3 Å². The van der Waals surface area contributed by atoms with Crippen molar-refractivity contribution in [3.63, 3.8) is 0 Å². The summed E-state index contributed by atoms with van der Waals surface area (Å²) in [5, 5.41) is 7.04. The second-order valence-electron chi connectivity index (χ2n) is 6.89. The van der Waals surface area contributed by atoms with Gasteiger partial charge in [-0.05, 0) is 30.5 Å². The van der Waals surface area contributed by atoms with E-state index >= 15 is 0 Å². The van der Waals surface area contributed by atoms with Gasteiger partial charge < -0.3 is 10.2 Å². The van der Waals surface area contributed by atoms with Crippen LogP contribution in [0.4, 0.5) is 19.0 Å². The van der Waals surface area contributed by atoms with Crippen LogP contribution < -0.4 is 5.32 Å². The second-order valence-corrected chi connectivity index (χ2v) is 7.81. The molecule has 2 aliphatic rings. The Balaban J connectivity index is 1.72. The smallest absolute Gasteiger partial charge is 0.363 e. The zero-order chi connectivity index (χ0) is 19.2. The summed E-state index contributed by atoms with van der Waals surface area (Å²) < 4.78 is 42.8. The molecule has 0 unspecified atom stereocenters. The van der Waals surface area contributed by atoms with Crippen molar-refractivity contribution < 1.29 is 18.0 Å². The van der Waals surface area contributed by atoms with Crippen LogP contribution in [-0.4, -0.2) is 39.9 Å². The van der Waals surface area contributed by atoms with Gasteiger partial charge in [0.2, 0.25) is 0 Å². The molecule has 1 N–H and O–H groups in total. The highest BCUT2D eigenvalue weighted by molar-refractivity contribution is 9.10. The predicted octanol–water partition coefficient (Wildman–Crippen LogP) is 4.54. The van der Waals surface area contributed by atoms with Crippen LogP contribution in [-0.2, 0) is 0 Å². The number of alkyl halides is 3. The Morgan fingerprint density at radius 2 is 1.85 bits per heavy atom. The Morgan fingerprint density at radius 3 is 2.48 bits per heavy atom. The molecule has 9 heteroatoms. The number of carbonyl (C=O) groups excluding carboxylic acids is 1. The van der Waals surface area contributed by atoms with Gasteiger partial charge in [0.05, 0.1) is 12.2 Å². The summed E-state index contributed by atoms with van der Waals surface area (Å²) in [7, 11) is 0. The van der Waals surface area contributed by atoms with Crippen LogP contribution in [0.1, 0.15) is 47.3 Å². The molecular weight excluding hydrogens is 425 g/mol. The van der Waals surface area contributed by atoms with Crippen molar-refractivity contribution in [1.82, 2.24) is 14.7 Å². The normalized spacial score (nSPS) is 22.4. The van der Waals surface area contributed by atoms with Crippen LogP contribution in [0.2, 0.25) is 0 Å². The SMILES string of the molecule is O=C(c1cnn2c1N[C@H](c1ccc(Br)cc1)C[C@H]2C(F)(F)F)N1CCCC1. The van der Waals surface area contributed by atoms with E-state index in [1.165, 1.54) is 6.20 Å². The molecule has 2 aromatic rings. The number of amides is 1. The molecule has 3 heterocycles. The minimum atomic E-state index is -4.45. The zero-order valence-corrected chi connectivity index (χ0v) is 15.9. The van der Waals surface area contributed by atoms with Crippen LogP contribution in [0, 0.1) is 0 Å². The zero-order valence-electron chi connectivity index (χ0n) is 14.3. The van der Waals surface area contributed by atoms with Crippen LogP contribution in [0.15, 0.2) is 34.9 Å². The number of anilines is 1. The molecule has 0 saturated carbocycles. The monoisotopic (exact) mass is 442 g/mol. The number of rotatable bonds is 2. The molecule has 144 valence electrons. The summed E-state index contributed by atoms with van der Waals surface area (Å²) in [6.45, 7) is 1.25. The lowest BCUT2D eigenvalue weighted by Crippen LogP contribution is -2.36. The third kappa shape index (κ3) is 3.44. The molecule has 0 aliphatic carbocycles. The van der Waals surface area contributed by atoms with Gasteiger partial charge in [-0.25, -0.2) is 4.68 Å². The van der Waals surface area contributed by atoms with Crippen molar-refractivity contribution in [3.05, 3.63) is 46.1 Å². The van der Waals surface area contributed by atoms with E-state index in [1.54, 1.807) is 29.2 Å². The molecule has 1 aromatic carbocycles. The Kier molecular flexibility index (Phi) is 4.65. The van der Waals surface area contributed by atoms with Crippen LogP contribution in [0.5, 0.6) is 0 Å². The standard InChI is InChI=1S/C18H18BrF3N4O/c19-12-5-3-11(4-6-12)14-9-15(18(20,21)22)26-16(24-14)13(10-23-26)17(27)25-7-1-2-8-25/h3-6,10,14-15,24H,1-2,7-9H2/t14-,15-/m0/s1. The molecule has 0 bridgehead atoms. The Labute approximate surface area is 162 Å². The third-order valence-corrected chi connectivity index (χ3v) is 5.66. The van der Waals surface area contributed by atoms with Crippen molar-refractivity contribution in [2.24, 2.45) is 0 Å². The summed E-state index contributed by atoms with van der Waals surface area (Å²) >= 11 is 3.34. The quantitative estimate of drug-likeness (QED) is 0.742. The molecule has 0 spiro atoms. The van der Waals surface area contributed by atoms with E-state index in [0.29, 0.717) is 13.1 Å². The average Bonchev–Trinajstić information content (AvgIpc) is 3.30. The van der Waals surface area contributed by atoms with E-state index in [0.717, 1.165) is 27.6 Å². The minimum absolute atomic E-state index is 0.147. The third-order valence-electron chi connectivity index (χ3n) is 5.13. The first kappa shape index (κ1) is 18.3. The number of fused-ring (bicyclic) bond motifs is 1. The van der Waals surface area contributed by atoms with Gasteiger partial charge in [-0.3, -0.25) is 4.79 Å². The molecule has 0 radical (unpaired) electrons. The number of carbonyl (C=O) groups is 1. The highest BCUT2D eigenvalue weighted by atomic mass is 79.9. The highest BCUT2D eigenvalue weighted by Crippen LogP contribution is 2.44. The number of nitrogens with zero attached hydrogens (tertiary/aromatic N) is 3. The Morgan fingerprint density at radius 1 is 1.19 bits per heavy atom. The van der Waals surface area contributed by atoms with E-state index in [9.17, 15) is 18.0 Å². The predicted molar refractivity (Wildman–Crippen MR) is 97.6 cm³/mol. The summed E-state index contributed by atoms with van der Waals surface area (Å²) in [6.07, 6.45) is -1.56. The molecule has 1 amide bonds. The Bertz CT molecular complexity index is 843. The van der Waals surface area contributed by atoms with E-state index in [-0.39, 0.29) is 23.7 Å². The van der Waals surface area contributed by atoms with Gasteiger partial charge in [0.25, 0.3) is 5.91 Å². The van der Waals surface area contributed by atoms with Gasteiger partial charge in [-0.15, -0.1) is 0 Å². The number of halogens is 4.